The van der Waals surface area contributed by atoms with Crippen LogP contribution in [0.5, 0.6) is 0 Å². The maximum absolute atomic E-state index is 13.0. The van der Waals surface area contributed by atoms with Gasteiger partial charge in [-0.15, -0.1) is 0 Å². The van der Waals surface area contributed by atoms with Crippen LogP contribution < -0.4 is 10.0 Å². The van der Waals surface area contributed by atoms with E-state index in [0.717, 1.165) is 0 Å². The predicted octanol–water partition coefficient (Wildman–Crippen LogP) is 3.97. The van der Waals surface area contributed by atoms with E-state index in [1.807, 2.05) is 0 Å². The van der Waals surface area contributed by atoms with Crippen molar-refractivity contribution < 1.29 is 17.6 Å². The first-order valence-electron chi connectivity index (χ1n) is 7.20. The average Bonchev–Trinajstić information content (AvgIpc) is 2.52. The van der Waals surface area contributed by atoms with E-state index in [-0.39, 0.29) is 29.6 Å². The van der Waals surface area contributed by atoms with Crippen LogP contribution in [0.3, 0.4) is 0 Å². The normalized spacial score (nSPS) is 11.4. The number of halogens is 3. The number of amides is 1. The van der Waals surface area contributed by atoms with Crippen LogP contribution in [0.25, 0.3) is 0 Å². The third kappa shape index (κ3) is 5.60. The van der Waals surface area contributed by atoms with Gasteiger partial charge < -0.3 is 5.32 Å². The van der Waals surface area contributed by atoms with Gasteiger partial charge in [-0.25, -0.2) is 17.5 Å². The van der Waals surface area contributed by atoms with Gasteiger partial charge >= 0.3 is 0 Å². The topological polar surface area (TPSA) is 75.3 Å². The fourth-order valence-electron chi connectivity index (χ4n) is 2.04. The number of benzene rings is 2. The molecule has 25 heavy (non-hydrogen) atoms. The number of sulfonamides is 1. The lowest BCUT2D eigenvalue weighted by Gasteiger charge is -2.10. The second-order valence-electron chi connectivity index (χ2n) is 5.23. The zero-order chi connectivity index (χ0) is 18.6. The molecule has 2 aromatic carbocycles. The Labute approximate surface area is 162 Å². The van der Waals surface area contributed by atoms with Gasteiger partial charge in [-0.05, 0) is 64.8 Å². The van der Waals surface area contributed by atoms with Crippen molar-refractivity contribution in [2.45, 2.75) is 18.2 Å². The number of hydrogen-bond donors (Lipinski definition) is 2. The number of carbonyl (C=O) groups is 1. The molecule has 5 nitrogen and oxygen atoms in total. The van der Waals surface area contributed by atoms with Crippen LogP contribution in [-0.2, 0) is 14.8 Å². The van der Waals surface area contributed by atoms with E-state index in [4.69, 9.17) is 0 Å². The number of hydrogen-bond acceptors (Lipinski definition) is 3. The number of carbonyl (C=O) groups excluding carboxylic acids is 1. The first kappa shape index (κ1) is 20.0. The van der Waals surface area contributed by atoms with Crippen molar-refractivity contribution in [1.29, 1.82) is 0 Å². The van der Waals surface area contributed by atoms with Crippen LogP contribution in [0, 0.1) is 12.7 Å². The summed E-state index contributed by atoms with van der Waals surface area (Å²) in [5.41, 5.74) is 1.08. The SMILES string of the molecule is Cc1cc(F)ccc1NC(=O)CCNS(=O)(=O)c1cc(Br)ccc1Br. The summed E-state index contributed by atoms with van der Waals surface area (Å²) in [4.78, 5) is 12.0. The lowest BCUT2D eigenvalue weighted by molar-refractivity contribution is -0.116. The molecule has 9 heteroatoms. The van der Waals surface area contributed by atoms with E-state index in [0.29, 0.717) is 20.2 Å². The van der Waals surface area contributed by atoms with E-state index in [1.165, 1.54) is 24.3 Å². The molecule has 0 unspecified atom stereocenters. The quantitative estimate of drug-likeness (QED) is 0.639. The number of nitrogens with one attached hydrogen (secondary N) is 2. The second kappa shape index (κ2) is 8.39. The van der Waals surface area contributed by atoms with Gasteiger partial charge in [0.2, 0.25) is 15.9 Å². The highest BCUT2D eigenvalue weighted by Gasteiger charge is 2.18. The molecular formula is C16H15Br2FN2O3S. The fraction of sp³-hybridized carbons (Fsp3) is 0.188. The lowest BCUT2D eigenvalue weighted by atomic mass is 10.2. The summed E-state index contributed by atoms with van der Waals surface area (Å²) in [5.74, 6) is -0.756. The van der Waals surface area contributed by atoms with Crippen molar-refractivity contribution in [2.24, 2.45) is 0 Å². The molecular weight excluding hydrogens is 479 g/mol. The van der Waals surface area contributed by atoms with Gasteiger partial charge in [-0.1, -0.05) is 15.9 Å². The van der Waals surface area contributed by atoms with Crippen LogP contribution in [-0.4, -0.2) is 20.9 Å². The minimum absolute atomic E-state index is 0.0539. The predicted molar refractivity (Wildman–Crippen MR) is 101 cm³/mol. The lowest BCUT2D eigenvalue weighted by Crippen LogP contribution is -2.28. The number of rotatable bonds is 6. The molecule has 0 bridgehead atoms. The van der Waals surface area contributed by atoms with Crippen molar-refractivity contribution in [2.75, 3.05) is 11.9 Å². The fourth-order valence-corrected chi connectivity index (χ4v) is 4.57. The standard InChI is InChI=1S/C16H15Br2FN2O3S/c1-10-8-12(19)3-5-14(10)21-16(22)6-7-20-25(23,24)15-9-11(17)2-4-13(15)18/h2-5,8-9,20H,6-7H2,1H3,(H,21,22). The van der Waals surface area contributed by atoms with Gasteiger partial charge in [0.15, 0.2) is 0 Å². The van der Waals surface area contributed by atoms with Gasteiger partial charge in [0.25, 0.3) is 0 Å². The summed E-state index contributed by atoms with van der Waals surface area (Å²) in [7, 11) is -3.75. The second-order valence-corrected chi connectivity index (χ2v) is 8.74. The van der Waals surface area contributed by atoms with E-state index < -0.39 is 10.0 Å². The molecule has 0 saturated carbocycles. The first-order chi connectivity index (χ1) is 11.7. The molecule has 2 rings (SSSR count). The molecule has 0 atom stereocenters. The maximum Gasteiger partial charge on any atom is 0.241 e. The molecule has 0 aliphatic carbocycles. The summed E-state index contributed by atoms with van der Waals surface area (Å²) in [6.45, 7) is 1.61. The molecule has 0 radical (unpaired) electrons. The zero-order valence-electron chi connectivity index (χ0n) is 13.1. The van der Waals surface area contributed by atoms with E-state index in [1.54, 1.807) is 19.1 Å². The Kier molecular flexibility index (Phi) is 6.72. The van der Waals surface area contributed by atoms with Gasteiger partial charge in [-0.2, -0.15) is 0 Å². The molecule has 0 fully saturated rings. The van der Waals surface area contributed by atoms with Crippen molar-refractivity contribution in [1.82, 2.24) is 4.72 Å². The molecule has 0 aromatic heterocycles. The highest BCUT2D eigenvalue weighted by atomic mass is 79.9. The first-order valence-corrected chi connectivity index (χ1v) is 10.3. The van der Waals surface area contributed by atoms with Crippen molar-refractivity contribution in [3.8, 4) is 0 Å². The van der Waals surface area contributed by atoms with Crippen molar-refractivity contribution in [3.63, 3.8) is 0 Å². The van der Waals surface area contributed by atoms with Crippen LogP contribution in [0.1, 0.15) is 12.0 Å². The molecule has 2 aromatic rings. The summed E-state index contributed by atoms with van der Waals surface area (Å²) < 4.78 is 41.1. The third-order valence-corrected chi connectivity index (χ3v) is 6.24. The Morgan fingerprint density at radius 1 is 1.16 bits per heavy atom. The molecule has 0 aliphatic heterocycles. The monoisotopic (exact) mass is 492 g/mol. The van der Waals surface area contributed by atoms with E-state index in [2.05, 4.69) is 41.9 Å². The molecule has 0 heterocycles. The Hall–Kier alpha value is -1.29. The zero-order valence-corrected chi connectivity index (χ0v) is 17.1. The van der Waals surface area contributed by atoms with Gasteiger partial charge in [0, 0.05) is 27.6 Å². The van der Waals surface area contributed by atoms with Crippen LogP contribution in [0.4, 0.5) is 10.1 Å². The summed E-state index contributed by atoms with van der Waals surface area (Å²) >= 11 is 6.42. The molecule has 134 valence electrons. The Balaban J connectivity index is 1.95. The minimum Gasteiger partial charge on any atom is -0.326 e. The molecule has 0 aliphatic rings. The molecule has 0 saturated heterocycles. The van der Waals surface area contributed by atoms with E-state index in [9.17, 15) is 17.6 Å². The summed E-state index contributed by atoms with van der Waals surface area (Å²) in [6.07, 6.45) is -0.0539. The Morgan fingerprint density at radius 2 is 1.88 bits per heavy atom. The third-order valence-electron chi connectivity index (χ3n) is 3.29. The Bertz CT molecular complexity index is 904. The smallest absolute Gasteiger partial charge is 0.241 e. The largest absolute Gasteiger partial charge is 0.326 e. The van der Waals surface area contributed by atoms with Crippen LogP contribution >= 0.6 is 31.9 Å². The van der Waals surface area contributed by atoms with Crippen molar-refractivity contribution in [3.05, 3.63) is 56.7 Å². The molecule has 0 spiro atoms. The average molecular weight is 494 g/mol. The maximum atomic E-state index is 13.0. The number of aryl methyl sites for hydroxylation is 1. The number of anilines is 1. The van der Waals surface area contributed by atoms with Crippen molar-refractivity contribution >= 4 is 53.5 Å². The Morgan fingerprint density at radius 3 is 2.56 bits per heavy atom. The van der Waals surface area contributed by atoms with E-state index >= 15 is 0 Å². The highest BCUT2D eigenvalue weighted by Crippen LogP contribution is 2.25. The van der Waals surface area contributed by atoms with Gasteiger partial charge in [0.05, 0.1) is 4.90 Å². The van der Waals surface area contributed by atoms with Crippen LogP contribution in [0.2, 0.25) is 0 Å². The summed E-state index contributed by atoms with van der Waals surface area (Å²) in [6, 6.07) is 8.81. The molecule has 2 N–H and O–H groups in total. The molecule has 1 amide bonds. The minimum atomic E-state index is -3.75. The van der Waals surface area contributed by atoms with Crippen LogP contribution in [0.15, 0.2) is 50.2 Å². The van der Waals surface area contributed by atoms with Gasteiger partial charge in [-0.3, -0.25) is 4.79 Å². The summed E-state index contributed by atoms with van der Waals surface area (Å²) in [5, 5.41) is 2.63. The van der Waals surface area contributed by atoms with Gasteiger partial charge in [0.1, 0.15) is 5.82 Å². The highest BCUT2D eigenvalue weighted by molar-refractivity contribution is 9.11.